The summed E-state index contributed by atoms with van der Waals surface area (Å²) in [6.07, 6.45) is 0. The Morgan fingerprint density at radius 2 is 2.12 bits per heavy atom. The molecular weight excluding hydrogens is 214 g/mol. The van der Waals surface area contributed by atoms with Gasteiger partial charge in [-0.2, -0.15) is 0 Å². The fourth-order valence-electron chi connectivity index (χ4n) is 1.80. The first-order valence-corrected chi connectivity index (χ1v) is 6.04. The number of carbonyl (C=O) groups is 1. The van der Waals surface area contributed by atoms with Crippen LogP contribution in [0, 0.1) is 5.92 Å². The Morgan fingerprint density at radius 3 is 2.82 bits per heavy atom. The highest BCUT2D eigenvalue weighted by molar-refractivity contribution is 5.88. The molecule has 1 unspecified atom stereocenters. The van der Waals surface area contributed by atoms with Gasteiger partial charge in [-0.05, 0) is 18.1 Å². The second-order valence-corrected chi connectivity index (χ2v) is 4.76. The van der Waals surface area contributed by atoms with Crippen molar-refractivity contribution >= 4 is 17.3 Å². The van der Waals surface area contributed by atoms with Crippen LogP contribution in [0.2, 0.25) is 0 Å². The molecule has 0 radical (unpaired) electrons. The summed E-state index contributed by atoms with van der Waals surface area (Å²) >= 11 is 0. The molecule has 0 aliphatic carbocycles. The third kappa shape index (κ3) is 2.90. The van der Waals surface area contributed by atoms with E-state index in [2.05, 4.69) is 29.8 Å². The maximum absolute atomic E-state index is 11.9. The van der Waals surface area contributed by atoms with Crippen LogP contribution in [0.5, 0.6) is 0 Å². The highest BCUT2D eigenvalue weighted by atomic mass is 16.2. The summed E-state index contributed by atoms with van der Waals surface area (Å²) in [7, 11) is 0. The summed E-state index contributed by atoms with van der Waals surface area (Å²) in [6, 6.07) is 7.73. The number of anilines is 2. The van der Waals surface area contributed by atoms with E-state index in [9.17, 15) is 4.79 Å². The first-order chi connectivity index (χ1) is 8.16. The second-order valence-electron chi connectivity index (χ2n) is 4.76. The molecule has 1 aliphatic rings. The number of amides is 1. The number of carbonyl (C=O) groups excluding carboxylic acids is 1. The van der Waals surface area contributed by atoms with Crippen LogP contribution in [-0.2, 0) is 4.79 Å². The molecule has 3 N–H and O–H groups in total. The van der Waals surface area contributed by atoms with Gasteiger partial charge in [0.05, 0.1) is 11.4 Å². The van der Waals surface area contributed by atoms with E-state index in [0.29, 0.717) is 12.5 Å². The molecule has 0 aromatic heterocycles. The Bertz CT molecular complexity index is 403. The lowest BCUT2D eigenvalue weighted by molar-refractivity contribution is -0.121. The van der Waals surface area contributed by atoms with Crippen molar-refractivity contribution in [3.8, 4) is 0 Å². The first-order valence-electron chi connectivity index (χ1n) is 6.04. The minimum Gasteiger partial charge on any atom is -0.381 e. The van der Waals surface area contributed by atoms with Crippen LogP contribution in [-0.4, -0.2) is 25.0 Å². The lowest BCUT2D eigenvalue weighted by Crippen LogP contribution is -2.46. The molecule has 4 nitrogen and oxygen atoms in total. The summed E-state index contributed by atoms with van der Waals surface area (Å²) in [5, 5.41) is 9.45. The number of rotatable bonds is 3. The van der Waals surface area contributed by atoms with Crippen LogP contribution in [0.1, 0.15) is 13.8 Å². The topological polar surface area (TPSA) is 53.2 Å². The Balaban J connectivity index is 1.95. The standard InChI is InChI=1S/C13H19N3O/c1-9(2)7-15-13(17)12-8-14-10-5-3-4-6-11(10)16-12/h3-6,9,12,14,16H,7-8H2,1-2H3,(H,15,17). The molecule has 17 heavy (non-hydrogen) atoms. The maximum Gasteiger partial charge on any atom is 0.244 e. The van der Waals surface area contributed by atoms with Crippen LogP contribution < -0.4 is 16.0 Å². The zero-order valence-electron chi connectivity index (χ0n) is 10.3. The van der Waals surface area contributed by atoms with Gasteiger partial charge < -0.3 is 16.0 Å². The SMILES string of the molecule is CC(C)CNC(=O)C1CNc2ccccc2N1. The van der Waals surface area contributed by atoms with Gasteiger partial charge in [0.2, 0.25) is 5.91 Å². The van der Waals surface area contributed by atoms with Gasteiger partial charge in [-0.1, -0.05) is 26.0 Å². The van der Waals surface area contributed by atoms with E-state index in [0.717, 1.165) is 17.9 Å². The lowest BCUT2D eigenvalue weighted by Gasteiger charge is -2.27. The van der Waals surface area contributed by atoms with Gasteiger partial charge in [-0.25, -0.2) is 0 Å². The van der Waals surface area contributed by atoms with Crippen LogP contribution in [0.4, 0.5) is 11.4 Å². The van der Waals surface area contributed by atoms with Crippen LogP contribution >= 0.6 is 0 Å². The van der Waals surface area contributed by atoms with Crippen molar-refractivity contribution in [2.24, 2.45) is 5.92 Å². The van der Waals surface area contributed by atoms with E-state index in [4.69, 9.17) is 0 Å². The summed E-state index contributed by atoms with van der Waals surface area (Å²) in [5.74, 6) is 0.531. The predicted molar refractivity (Wildman–Crippen MR) is 70.2 cm³/mol. The molecule has 0 saturated carbocycles. The largest absolute Gasteiger partial charge is 0.381 e. The fraction of sp³-hybridized carbons (Fsp3) is 0.462. The molecular formula is C13H19N3O. The maximum atomic E-state index is 11.9. The Hall–Kier alpha value is -1.71. The number of hydrogen-bond acceptors (Lipinski definition) is 3. The third-order valence-electron chi connectivity index (χ3n) is 2.75. The van der Waals surface area contributed by atoms with Gasteiger partial charge in [0, 0.05) is 13.1 Å². The normalized spacial score (nSPS) is 17.9. The van der Waals surface area contributed by atoms with E-state index >= 15 is 0 Å². The highest BCUT2D eigenvalue weighted by Crippen LogP contribution is 2.25. The summed E-state index contributed by atoms with van der Waals surface area (Å²) in [6.45, 7) is 5.52. The Kier molecular flexibility index (Phi) is 3.52. The number of hydrogen-bond donors (Lipinski definition) is 3. The number of fused-ring (bicyclic) bond motifs is 1. The third-order valence-corrected chi connectivity index (χ3v) is 2.75. The van der Waals surface area contributed by atoms with Crippen molar-refractivity contribution in [3.05, 3.63) is 24.3 Å². The van der Waals surface area contributed by atoms with Crippen molar-refractivity contribution < 1.29 is 4.79 Å². The van der Waals surface area contributed by atoms with E-state index in [1.807, 2.05) is 24.3 Å². The first kappa shape index (κ1) is 11.8. The zero-order valence-corrected chi connectivity index (χ0v) is 10.3. The second kappa shape index (κ2) is 5.08. The molecule has 1 atom stereocenters. The van der Waals surface area contributed by atoms with Crippen LogP contribution in [0.15, 0.2) is 24.3 Å². The van der Waals surface area contributed by atoms with Crippen molar-refractivity contribution in [1.82, 2.24) is 5.32 Å². The molecule has 1 heterocycles. The van der Waals surface area contributed by atoms with Gasteiger partial charge in [-0.3, -0.25) is 4.79 Å². The Morgan fingerprint density at radius 1 is 1.41 bits per heavy atom. The van der Waals surface area contributed by atoms with Gasteiger partial charge in [0.15, 0.2) is 0 Å². The average molecular weight is 233 g/mol. The van der Waals surface area contributed by atoms with E-state index in [1.165, 1.54) is 0 Å². The summed E-state index contributed by atoms with van der Waals surface area (Å²) in [4.78, 5) is 11.9. The molecule has 1 amide bonds. The molecule has 0 bridgehead atoms. The summed E-state index contributed by atoms with van der Waals surface area (Å²) < 4.78 is 0. The van der Waals surface area contributed by atoms with Crippen LogP contribution in [0.3, 0.4) is 0 Å². The predicted octanol–water partition coefficient (Wildman–Crippen LogP) is 1.66. The molecule has 4 heteroatoms. The van der Waals surface area contributed by atoms with E-state index in [1.54, 1.807) is 0 Å². The van der Waals surface area contributed by atoms with Crippen molar-refractivity contribution in [2.75, 3.05) is 23.7 Å². The molecule has 0 spiro atoms. The Labute approximate surface area is 102 Å². The molecule has 1 aromatic carbocycles. The molecule has 0 saturated heterocycles. The van der Waals surface area contributed by atoms with E-state index in [-0.39, 0.29) is 11.9 Å². The zero-order chi connectivity index (χ0) is 12.3. The van der Waals surface area contributed by atoms with Crippen LogP contribution in [0.25, 0.3) is 0 Å². The fourth-order valence-corrected chi connectivity index (χ4v) is 1.80. The van der Waals surface area contributed by atoms with Crippen molar-refractivity contribution in [2.45, 2.75) is 19.9 Å². The summed E-state index contributed by atoms with van der Waals surface area (Å²) in [5.41, 5.74) is 2.05. The van der Waals surface area contributed by atoms with Crippen molar-refractivity contribution in [1.29, 1.82) is 0 Å². The molecule has 2 rings (SSSR count). The number of nitrogens with one attached hydrogen (secondary N) is 3. The number of para-hydroxylation sites is 2. The minimum atomic E-state index is -0.191. The quantitative estimate of drug-likeness (QED) is 0.744. The van der Waals surface area contributed by atoms with Gasteiger partial charge in [0.25, 0.3) is 0 Å². The van der Waals surface area contributed by atoms with Crippen molar-refractivity contribution in [3.63, 3.8) is 0 Å². The minimum absolute atomic E-state index is 0.0562. The highest BCUT2D eigenvalue weighted by Gasteiger charge is 2.22. The lowest BCUT2D eigenvalue weighted by atomic mass is 10.1. The van der Waals surface area contributed by atoms with Gasteiger partial charge in [-0.15, -0.1) is 0 Å². The average Bonchev–Trinajstić information content (AvgIpc) is 2.35. The van der Waals surface area contributed by atoms with E-state index < -0.39 is 0 Å². The molecule has 0 fully saturated rings. The monoisotopic (exact) mass is 233 g/mol. The smallest absolute Gasteiger partial charge is 0.244 e. The molecule has 1 aliphatic heterocycles. The molecule has 1 aromatic rings. The van der Waals surface area contributed by atoms with Gasteiger partial charge in [0.1, 0.15) is 6.04 Å². The number of benzene rings is 1. The molecule has 92 valence electrons. The van der Waals surface area contributed by atoms with Gasteiger partial charge >= 0.3 is 0 Å².